The highest BCUT2D eigenvalue weighted by molar-refractivity contribution is 7.99. The van der Waals surface area contributed by atoms with Crippen molar-refractivity contribution in [1.82, 2.24) is 9.97 Å². The topological polar surface area (TPSA) is 37.8 Å². The van der Waals surface area contributed by atoms with Gasteiger partial charge in [0.15, 0.2) is 0 Å². The van der Waals surface area contributed by atoms with Crippen molar-refractivity contribution in [3.63, 3.8) is 0 Å². The van der Waals surface area contributed by atoms with Crippen LogP contribution in [0.25, 0.3) is 0 Å². The molecule has 0 aliphatic carbocycles. The van der Waals surface area contributed by atoms with Crippen molar-refractivity contribution in [3.05, 3.63) is 41.0 Å². The van der Waals surface area contributed by atoms with Crippen molar-refractivity contribution in [1.29, 1.82) is 0 Å². The maximum absolute atomic E-state index is 6.08. The van der Waals surface area contributed by atoms with Crippen LogP contribution >= 0.6 is 23.4 Å². The summed E-state index contributed by atoms with van der Waals surface area (Å²) in [6.45, 7) is 2.07. The van der Waals surface area contributed by atoms with Crippen molar-refractivity contribution in [2.75, 3.05) is 12.4 Å². The standard InChI is InChI=1S/C12H12ClN3S/c1-8-5-3-4-6-10(8)17-11-9(13)7-15-12(14-2)16-11/h3-7H,1-2H3,(H,14,15,16). The lowest BCUT2D eigenvalue weighted by Crippen LogP contribution is -1.97. The Kier molecular flexibility index (Phi) is 3.86. The van der Waals surface area contributed by atoms with Gasteiger partial charge in [-0.2, -0.15) is 0 Å². The second kappa shape index (κ2) is 5.38. The molecule has 1 aromatic heterocycles. The molecule has 88 valence electrons. The second-order valence-electron chi connectivity index (χ2n) is 3.46. The summed E-state index contributed by atoms with van der Waals surface area (Å²) in [4.78, 5) is 9.54. The summed E-state index contributed by atoms with van der Waals surface area (Å²) >= 11 is 7.63. The van der Waals surface area contributed by atoms with Gasteiger partial charge in [-0.25, -0.2) is 9.97 Å². The maximum atomic E-state index is 6.08. The largest absolute Gasteiger partial charge is 0.357 e. The van der Waals surface area contributed by atoms with Crippen LogP contribution in [-0.2, 0) is 0 Å². The fraction of sp³-hybridized carbons (Fsp3) is 0.167. The van der Waals surface area contributed by atoms with Gasteiger partial charge in [-0.05, 0) is 18.6 Å². The van der Waals surface area contributed by atoms with E-state index >= 15 is 0 Å². The lowest BCUT2D eigenvalue weighted by molar-refractivity contribution is 1.04. The Labute approximate surface area is 110 Å². The zero-order valence-corrected chi connectivity index (χ0v) is 11.1. The highest BCUT2D eigenvalue weighted by Crippen LogP contribution is 2.33. The van der Waals surface area contributed by atoms with E-state index < -0.39 is 0 Å². The van der Waals surface area contributed by atoms with Gasteiger partial charge in [-0.15, -0.1) is 0 Å². The van der Waals surface area contributed by atoms with E-state index in [1.165, 1.54) is 5.56 Å². The van der Waals surface area contributed by atoms with E-state index in [1.54, 1.807) is 25.0 Å². The molecule has 1 heterocycles. The Bertz CT molecular complexity index is 531. The average molecular weight is 266 g/mol. The molecule has 0 atom stereocenters. The third-order valence-corrected chi connectivity index (χ3v) is 3.81. The van der Waals surface area contributed by atoms with Crippen molar-refractivity contribution in [2.45, 2.75) is 16.8 Å². The molecule has 0 saturated carbocycles. The van der Waals surface area contributed by atoms with Gasteiger partial charge < -0.3 is 5.32 Å². The molecule has 1 N–H and O–H groups in total. The molecule has 0 fully saturated rings. The summed E-state index contributed by atoms with van der Waals surface area (Å²) in [5.41, 5.74) is 1.21. The van der Waals surface area contributed by atoms with Crippen LogP contribution in [0.3, 0.4) is 0 Å². The molecular weight excluding hydrogens is 254 g/mol. The van der Waals surface area contributed by atoms with E-state index in [0.29, 0.717) is 11.0 Å². The molecule has 2 aromatic rings. The SMILES string of the molecule is CNc1ncc(Cl)c(Sc2ccccc2C)n1. The van der Waals surface area contributed by atoms with E-state index in [9.17, 15) is 0 Å². The molecule has 17 heavy (non-hydrogen) atoms. The van der Waals surface area contributed by atoms with Crippen molar-refractivity contribution < 1.29 is 0 Å². The summed E-state index contributed by atoms with van der Waals surface area (Å²) in [7, 11) is 1.78. The molecule has 5 heteroatoms. The molecule has 0 unspecified atom stereocenters. The number of hydrogen-bond donors (Lipinski definition) is 1. The summed E-state index contributed by atoms with van der Waals surface area (Å²) in [6, 6.07) is 8.14. The Balaban J connectivity index is 2.32. The lowest BCUT2D eigenvalue weighted by Gasteiger charge is -2.07. The van der Waals surface area contributed by atoms with Crippen molar-refractivity contribution in [2.24, 2.45) is 0 Å². The van der Waals surface area contributed by atoms with Gasteiger partial charge in [0.05, 0.1) is 11.2 Å². The Morgan fingerprint density at radius 2 is 2.06 bits per heavy atom. The first-order valence-corrected chi connectivity index (χ1v) is 6.34. The predicted molar refractivity (Wildman–Crippen MR) is 71.9 cm³/mol. The zero-order chi connectivity index (χ0) is 12.3. The number of nitrogens with one attached hydrogen (secondary N) is 1. The smallest absolute Gasteiger partial charge is 0.223 e. The van der Waals surface area contributed by atoms with Crippen molar-refractivity contribution in [3.8, 4) is 0 Å². The first-order chi connectivity index (χ1) is 8.20. The molecule has 3 nitrogen and oxygen atoms in total. The second-order valence-corrected chi connectivity index (χ2v) is 4.90. The van der Waals surface area contributed by atoms with Crippen molar-refractivity contribution >= 4 is 29.3 Å². The molecule has 1 aromatic carbocycles. The minimum absolute atomic E-state index is 0.567. The van der Waals surface area contributed by atoms with Crippen LogP contribution in [0.4, 0.5) is 5.95 Å². The van der Waals surface area contributed by atoms with Gasteiger partial charge in [-0.1, -0.05) is 41.6 Å². The molecule has 2 rings (SSSR count). The molecule has 0 bridgehead atoms. The highest BCUT2D eigenvalue weighted by Gasteiger charge is 2.08. The summed E-state index contributed by atoms with van der Waals surface area (Å²) in [5, 5.41) is 4.23. The molecule has 0 aliphatic heterocycles. The Hall–Kier alpha value is -1.26. The quantitative estimate of drug-likeness (QED) is 0.860. The number of anilines is 1. The number of rotatable bonds is 3. The Morgan fingerprint density at radius 3 is 2.76 bits per heavy atom. The number of aromatic nitrogens is 2. The van der Waals surface area contributed by atoms with E-state index in [0.717, 1.165) is 9.92 Å². The van der Waals surface area contributed by atoms with Crippen LogP contribution in [-0.4, -0.2) is 17.0 Å². The van der Waals surface area contributed by atoms with Gasteiger partial charge in [-0.3, -0.25) is 0 Å². The predicted octanol–water partition coefficient (Wildman–Crippen LogP) is 3.63. The van der Waals surface area contributed by atoms with Gasteiger partial charge in [0.25, 0.3) is 0 Å². The number of halogens is 1. The van der Waals surface area contributed by atoms with Gasteiger partial charge in [0.2, 0.25) is 5.95 Å². The van der Waals surface area contributed by atoms with Crippen LogP contribution in [0.15, 0.2) is 40.4 Å². The van der Waals surface area contributed by atoms with Gasteiger partial charge >= 0.3 is 0 Å². The van der Waals surface area contributed by atoms with Gasteiger partial charge in [0, 0.05) is 11.9 Å². The number of nitrogens with zero attached hydrogens (tertiary/aromatic N) is 2. The van der Waals surface area contributed by atoms with Crippen LogP contribution < -0.4 is 5.32 Å². The summed E-state index contributed by atoms with van der Waals surface area (Å²) in [6.07, 6.45) is 1.61. The third-order valence-electron chi connectivity index (χ3n) is 2.24. The molecule has 0 amide bonds. The molecule has 0 aliphatic rings. The molecule has 0 spiro atoms. The highest BCUT2D eigenvalue weighted by atomic mass is 35.5. The van der Waals surface area contributed by atoms with Crippen LogP contribution in [0.5, 0.6) is 0 Å². The minimum atomic E-state index is 0.567. The van der Waals surface area contributed by atoms with Crippen LogP contribution in [0.1, 0.15) is 5.56 Å². The zero-order valence-electron chi connectivity index (χ0n) is 9.57. The van der Waals surface area contributed by atoms with E-state index in [1.807, 2.05) is 12.1 Å². The Morgan fingerprint density at radius 1 is 1.29 bits per heavy atom. The molecule has 0 radical (unpaired) electrons. The maximum Gasteiger partial charge on any atom is 0.223 e. The molecular formula is C12H12ClN3S. The lowest BCUT2D eigenvalue weighted by atomic mass is 10.2. The summed E-state index contributed by atoms with van der Waals surface area (Å²) < 4.78 is 0. The van der Waals surface area contributed by atoms with Gasteiger partial charge in [0.1, 0.15) is 5.03 Å². The summed E-state index contributed by atoms with van der Waals surface area (Å²) in [5.74, 6) is 0.575. The van der Waals surface area contributed by atoms with E-state index in [-0.39, 0.29) is 0 Å². The minimum Gasteiger partial charge on any atom is -0.357 e. The van der Waals surface area contributed by atoms with Crippen LogP contribution in [0.2, 0.25) is 5.02 Å². The normalized spacial score (nSPS) is 10.3. The number of benzene rings is 1. The number of aryl methyl sites for hydroxylation is 1. The molecule has 0 saturated heterocycles. The van der Waals surface area contributed by atoms with E-state index in [4.69, 9.17) is 11.6 Å². The first kappa shape index (κ1) is 12.2. The fourth-order valence-corrected chi connectivity index (χ4v) is 2.39. The average Bonchev–Trinajstić information content (AvgIpc) is 2.35. The van der Waals surface area contributed by atoms with E-state index in [2.05, 4.69) is 34.3 Å². The monoisotopic (exact) mass is 265 g/mol. The fourth-order valence-electron chi connectivity index (χ4n) is 1.32. The number of hydrogen-bond acceptors (Lipinski definition) is 4. The van der Waals surface area contributed by atoms with Crippen LogP contribution in [0, 0.1) is 6.92 Å². The first-order valence-electron chi connectivity index (χ1n) is 5.14. The third kappa shape index (κ3) is 2.90.